The Hall–Kier alpha value is -3.02. The van der Waals surface area contributed by atoms with Gasteiger partial charge in [-0.25, -0.2) is 0 Å². The molecule has 4 N–H and O–H groups in total. The normalized spacial score (nSPS) is 10.3. The fraction of sp³-hybridized carbons (Fsp3) is 0.364. The van der Waals surface area contributed by atoms with Crippen LogP contribution in [0.15, 0.2) is 36.4 Å². The topological polar surface area (TPSA) is 82.3 Å². The summed E-state index contributed by atoms with van der Waals surface area (Å²) in [5.41, 5.74) is 16.8. The molecule has 0 spiro atoms. The Kier molecular flexibility index (Phi) is 7.87. The summed E-state index contributed by atoms with van der Waals surface area (Å²) in [6.45, 7) is 8.29. The summed E-state index contributed by atoms with van der Waals surface area (Å²) in [4.78, 5) is 24.2. The molecule has 0 radical (unpaired) electrons. The van der Waals surface area contributed by atoms with E-state index < -0.39 is 11.8 Å². The van der Waals surface area contributed by atoms with Crippen LogP contribution in [0.5, 0.6) is 0 Å². The van der Waals surface area contributed by atoms with Crippen molar-refractivity contribution >= 4 is 23.2 Å². The van der Waals surface area contributed by atoms with Gasteiger partial charge < -0.3 is 0 Å². The second kappa shape index (κ2) is 10.3. The van der Waals surface area contributed by atoms with E-state index in [1.165, 1.54) is 11.1 Å². The fourth-order valence-corrected chi connectivity index (χ4v) is 2.92. The Balaban J connectivity index is 1.92. The lowest BCUT2D eigenvalue weighted by atomic mass is 10.1. The number of hydrazine groups is 2. The number of benzene rings is 2. The maximum Gasteiger partial charge on any atom is 0.329 e. The molecule has 2 aromatic rings. The highest BCUT2D eigenvalue weighted by Crippen LogP contribution is 2.19. The summed E-state index contributed by atoms with van der Waals surface area (Å²) >= 11 is 0. The van der Waals surface area contributed by atoms with Crippen LogP contribution in [0.4, 0.5) is 11.4 Å². The van der Waals surface area contributed by atoms with Gasteiger partial charge in [0.15, 0.2) is 0 Å². The van der Waals surface area contributed by atoms with Crippen LogP contribution < -0.4 is 21.7 Å². The summed E-state index contributed by atoms with van der Waals surface area (Å²) < 4.78 is 0. The number of rotatable bonds is 8. The van der Waals surface area contributed by atoms with Gasteiger partial charge in [0.2, 0.25) is 0 Å². The van der Waals surface area contributed by atoms with E-state index in [1.54, 1.807) is 0 Å². The summed E-state index contributed by atoms with van der Waals surface area (Å²) in [6, 6.07) is 12.0. The molecule has 0 saturated carbocycles. The zero-order chi connectivity index (χ0) is 20.5. The molecule has 2 amide bonds. The van der Waals surface area contributed by atoms with Gasteiger partial charge in [0.1, 0.15) is 0 Å². The molecular weight excluding hydrogens is 352 g/mol. The molecule has 6 nitrogen and oxygen atoms in total. The summed E-state index contributed by atoms with van der Waals surface area (Å²) in [5, 5.41) is 0. The lowest BCUT2D eigenvalue weighted by Gasteiger charge is -2.15. The van der Waals surface area contributed by atoms with E-state index in [0.717, 1.165) is 48.2 Å². The van der Waals surface area contributed by atoms with Crippen LogP contribution in [0, 0.1) is 0 Å². The van der Waals surface area contributed by atoms with Gasteiger partial charge in [-0.05, 0) is 60.1 Å². The second-order valence-corrected chi connectivity index (χ2v) is 6.56. The predicted octanol–water partition coefficient (Wildman–Crippen LogP) is 3.52. The molecular formula is C22H30N4O2. The van der Waals surface area contributed by atoms with Crippen LogP contribution in [-0.2, 0) is 35.3 Å². The monoisotopic (exact) mass is 382 g/mol. The van der Waals surface area contributed by atoms with Crippen LogP contribution in [0.3, 0.4) is 0 Å². The molecule has 0 fully saturated rings. The minimum Gasteiger partial charge on any atom is -0.298 e. The Morgan fingerprint density at radius 2 is 1.04 bits per heavy atom. The summed E-state index contributed by atoms with van der Waals surface area (Å²) in [5.74, 6) is -1.53. The molecule has 0 atom stereocenters. The number of hydrogen-bond acceptors (Lipinski definition) is 4. The SMILES string of the molecule is CCc1ccc(NNC(=O)C(=O)NNc2ccc(CC)cc2CC)c(CC)c1. The quantitative estimate of drug-likeness (QED) is 0.416. The first-order valence-corrected chi connectivity index (χ1v) is 9.88. The second-order valence-electron chi connectivity index (χ2n) is 6.56. The Bertz CT molecular complexity index is 764. The third-order valence-electron chi connectivity index (χ3n) is 4.75. The lowest BCUT2D eigenvalue weighted by Crippen LogP contribution is -2.44. The van der Waals surface area contributed by atoms with Crippen molar-refractivity contribution in [1.29, 1.82) is 0 Å². The number of hydrogen-bond donors (Lipinski definition) is 4. The maximum atomic E-state index is 12.1. The van der Waals surface area contributed by atoms with Crippen LogP contribution in [0.2, 0.25) is 0 Å². The van der Waals surface area contributed by atoms with Crippen molar-refractivity contribution in [3.8, 4) is 0 Å². The number of amides is 2. The summed E-state index contributed by atoms with van der Waals surface area (Å²) in [6.07, 6.45) is 3.56. The molecule has 150 valence electrons. The number of carbonyl (C=O) groups excluding carboxylic acids is 2. The highest BCUT2D eigenvalue weighted by Gasteiger charge is 2.14. The van der Waals surface area contributed by atoms with Crippen molar-refractivity contribution in [3.05, 3.63) is 58.7 Å². The molecule has 0 unspecified atom stereocenters. The third kappa shape index (κ3) is 5.49. The van der Waals surface area contributed by atoms with Crippen LogP contribution >= 0.6 is 0 Å². The molecule has 0 aliphatic heterocycles. The minimum absolute atomic E-state index is 0.766. The van der Waals surface area contributed by atoms with E-state index in [4.69, 9.17) is 0 Å². The minimum atomic E-state index is -0.766. The maximum absolute atomic E-state index is 12.1. The first kappa shape index (κ1) is 21.3. The van der Waals surface area contributed by atoms with Crippen molar-refractivity contribution in [2.75, 3.05) is 10.9 Å². The Labute approximate surface area is 167 Å². The molecule has 0 saturated heterocycles. The van der Waals surface area contributed by atoms with Crippen LogP contribution in [-0.4, -0.2) is 11.8 Å². The molecule has 0 bridgehead atoms. The number of anilines is 2. The Morgan fingerprint density at radius 3 is 1.36 bits per heavy atom. The average molecular weight is 383 g/mol. The number of carbonyl (C=O) groups is 2. The van der Waals surface area contributed by atoms with Gasteiger partial charge in [-0.1, -0.05) is 52.0 Å². The van der Waals surface area contributed by atoms with Gasteiger partial charge in [-0.2, -0.15) is 0 Å². The van der Waals surface area contributed by atoms with Crippen LogP contribution in [0.25, 0.3) is 0 Å². The molecule has 0 aliphatic carbocycles. The van der Waals surface area contributed by atoms with E-state index in [2.05, 4.69) is 47.7 Å². The number of nitrogens with one attached hydrogen (secondary N) is 4. The molecule has 6 heteroatoms. The fourth-order valence-electron chi connectivity index (χ4n) is 2.92. The highest BCUT2D eigenvalue weighted by molar-refractivity contribution is 6.35. The first-order valence-electron chi connectivity index (χ1n) is 9.88. The van der Waals surface area contributed by atoms with Crippen molar-refractivity contribution in [1.82, 2.24) is 10.9 Å². The molecule has 0 aliphatic rings. The highest BCUT2D eigenvalue weighted by atomic mass is 16.2. The van der Waals surface area contributed by atoms with Crippen molar-refractivity contribution in [3.63, 3.8) is 0 Å². The smallest absolute Gasteiger partial charge is 0.298 e. The van der Waals surface area contributed by atoms with Gasteiger partial charge in [-0.3, -0.25) is 31.3 Å². The van der Waals surface area contributed by atoms with Gasteiger partial charge in [0, 0.05) is 0 Å². The van der Waals surface area contributed by atoms with Crippen LogP contribution in [0.1, 0.15) is 49.9 Å². The molecule has 0 heterocycles. The van der Waals surface area contributed by atoms with Gasteiger partial charge >= 0.3 is 11.8 Å². The standard InChI is InChI=1S/C22H30N4O2/c1-5-15-9-11-19(17(7-3)13-15)23-25-21(27)22(28)26-24-20-12-10-16(6-2)14-18(20)8-4/h9-14,23-24H,5-8H2,1-4H3,(H,25,27)(H,26,28). The molecule has 2 rings (SSSR count). The molecule has 2 aromatic carbocycles. The van der Waals surface area contributed by atoms with Gasteiger partial charge in [0.05, 0.1) is 11.4 Å². The average Bonchev–Trinajstić information content (AvgIpc) is 2.75. The Morgan fingerprint density at radius 1 is 0.643 bits per heavy atom. The van der Waals surface area contributed by atoms with E-state index >= 15 is 0 Å². The largest absolute Gasteiger partial charge is 0.329 e. The van der Waals surface area contributed by atoms with Crippen molar-refractivity contribution < 1.29 is 9.59 Å². The van der Waals surface area contributed by atoms with E-state index in [-0.39, 0.29) is 0 Å². The first-order chi connectivity index (χ1) is 13.5. The van der Waals surface area contributed by atoms with E-state index in [1.807, 2.05) is 38.1 Å². The molecule has 28 heavy (non-hydrogen) atoms. The summed E-state index contributed by atoms with van der Waals surface area (Å²) in [7, 11) is 0. The van der Waals surface area contributed by atoms with Gasteiger partial charge in [0.25, 0.3) is 0 Å². The zero-order valence-corrected chi connectivity index (χ0v) is 17.1. The van der Waals surface area contributed by atoms with E-state index in [9.17, 15) is 9.59 Å². The predicted molar refractivity (Wildman–Crippen MR) is 114 cm³/mol. The van der Waals surface area contributed by atoms with E-state index in [0.29, 0.717) is 0 Å². The lowest BCUT2D eigenvalue weighted by molar-refractivity contribution is -0.138. The zero-order valence-electron chi connectivity index (χ0n) is 17.1. The molecule has 0 aromatic heterocycles. The third-order valence-corrected chi connectivity index (χ3v) is 4.75. The van der Waals surface area contributed by atoms with Crippen molar-refractivity contribution in [2.24, 2.45) is 0 Å². The van der Waals surface area contributed by atoms with Crippen molar-refractivity contribution in [2.45, 2.75) is 53.4 Å². The number of aryl methyl sites for hydroxylation is 4. The van der Waals surface area contributed by atoms with Gasteiger partial charge in [-0.15, -0.1) is 0 Å².